The number of benzene rings is 2. The molecule has 0 aliphatic rings. The van der Waals surface area contributed by atoms with Gasteiger partial charge in [0, 0.05) is 12.1 Å². The lowest BCUT2D eigenvalue weighted by Crippen LogP contribution is -2.25. The van der Waals surface area contributed by atoms with Crippen molar-refractivity contribution in [2.45, 2.75) is 25.4 Å². The van der Waals surface area contributed by atoms with Crippen molar-refractivity contribution in [2.75, 3.05) is 7.05 Å². The molecule has 2 unspecified atom stereocenters. The average molecular weight is 228 g/mol. The van der Waals surface area contributed by atoms with E-state index in [1.807, 2.05) is 14.0 Å². The molecule has 2 rings (SSSR count). The van der Waals surface area contributed by atoms with E-state index in [1.54, 1.807) is 0 Å². The summed E-state index contributed by atoms with van der Waals surface area (Å²) >= 11 is 0. The minimum absolute atomic E-state index is 0.207. The van der Waals surface area contributed by atoms with Crippen molar-refractivity contribution >= 4 is 10.8 Å². The second-order valence-corrected chi connectivity index (χ2v) is 4.66. The van der Waals surface area contributed by atoms with Crippen LogP contribution in [-0.4, -0.2) is 13.1 Å². The summed E-state index contributed by atoms with van der Waals surface area (Å²) in [6.07, 6.45) is 0.953. The van der Waals surface area contributed by atoms with E-state index >= 15 is 0 Å². The van der Waals surface area contributed by atoms with Crippen LogP contribution in [0.1, 0.15) is 24.9 Å². The first kappa shape index (κ1) is 12.1. The SMILES string of the molecule is CNC(CC(C)N)c1ccc2ccccc2c1. The minimum Gasteiger partial charge on any atom is -0.328 e. The fraction of sp³-hybridized carbons (Fsp3) is 0.333. The van der Waals surface area contributed by atoms with Gasteiger partial charge in [-0.1, -0.05) is 36.4 Å². The maximum atomic E-state index is 5.88. The summed E-state index contributed by atoms with van der Waals surface area (Å²) in [7, 11) is 1.99. The standard InChI is InChI=1S/C15H20N2/c1-11(16)9-15(17-2)14-8-7-12-5-3-4-6-13(12)10-14/h3-8,10-11,15,17H,9,16H2,1-2H3. The first-order valence-corrected chi connectivity index (χ1v) is 6.12. The van der Waals surface area contributed by atoms with Crippen LogP contribution in [0.3, 0.4) is 0 Å². The van der Waals surface area contributed by atoms with Crippen LogP contribution in [0.15, 0.2) is 42.5 Å². The van der Waals surface area contributed by atoms with Gasteiger partial charge < -0.3 is 11.1 Å². The van der Waals surface area contributed by atoms with Crippen molar-refractivity contribution in [3.8, 4) is 0 Å². The fourth-order valence-electron chi connectivity index (χ4n) is 2.22. The van der Waals surface area contributed by atoms with Gasteiger partial charge in [0.15, 0.2) is 0 Å². The van der Waals surface area contributed by atoms with Crippen molar-refractivity contribution in [1.29, 1.82) is 0 Å². The lowest BCUT2D eigenvalue weighted by Gasteiger charge is -2.19. The molecular formula is C15H20N2. The van der Waals surface area contributed by atoms with Gasteiger partial charge in [-0.2, -0.15) is 0 Å². The topological polar surface area (TPSA) is 38.0 Å². The van der Waals surface area contributed by atoms with Crippen LogP contribution < -0.4 is 11.1 Å². The van der Waals surface area contributed by atoms with Gasteiger partial charge in [0.1, 0.15) is 0 Å². The Morgan fingerprint density at radius 1 is 1.12 bits per heavy atom. The van der Waals surface area contributed by atoms with Crippen molar-refractivity contribution in [2.24, 2.45) is 5.73 Å². The molecule has 0 radical (unpaired) electrons. The Morgan fingerprint density at radius 3 is 2.47 bits per heavy atom. The highest BCUT2D eigenvalue weighted by Gasteiger charge is 2.11. The molecule has 0 aliphatic carbocycles. The van der Waals surface area contributed by atoms with Gasteiger partial charge in [0.05, 0.1) is 0 Å². The predicted octanol–water partition coefficient (Wildman–Crippen LogP) is 2.84. The number of nitrogens with one attached hydrogen (secondary N) is 1. The Kier molecular flexibility index (Phi) is 3.77. The molecule has 2 aromatic carbocycles. The second kappa shape index (κ2) is 5.30. The Labute approximate surface area is 103 Å². The molecule has 17 heavy (non-hydrogen) atoms. The van der Waals surface area contributed by atoms with Crippen molar-refractivity contribution < 1.29 is 0 Å². The van der Waals surface area contributed by atoms with E-state index in [2.05, 4.69) is 47.8 Å². The zero-order valence-electron chi connectivity index (χ0n) is 10.5. The van der Waals surface area contributed by atoms with Crippen LogP contribution in [-0.2, 0) is 0 Å². The summed E-state index contributed by atoms with van der Waals surface area (Å²) in [5.74, 6) is 0. The van der Waals surface area contributed by atoms with E-state index in [0.717, 1.165) is 6.42 Å². The molecule has 90 valence electrons. The van der Waals surface area contributed by atoms with Crippen molar-refractivity contribution in [3.63, 3.8) is 0 Å². The summed E-state index contributed by atoms with van der Waals surface area (Å²) in [6.45, 7) is 2.05. The molecular weight excluding hydrogens is 208 g/mol. The number of hydrogen-bond acceptors (Lipinski definition) is 2. The summed E-state index contributed by atoms with van der Waals surface area (Å²) < 4.78 is 0. The van der Waals surface area contributed by atoms with E-state index in [-0.39, 0.29) is 6.04 Å². The Balaban J connectivity index is 2.34. The van der Waals surface area contributed by atoms with E-state index < -0.39 is 0 Å². The smallest absolute Gasteiger partial charge is 0.0332 e. The molecule has 3 N–H and O–H groups in total. The lowest BCUT2D eigenvalue weighted by molar-refractivity contribution is 0.500. The van der Waals surface area contributed by atoms with Gasteiger partial charge in [-0.15, -0.1) is 0 Å². The van der Waals surface area contributed by atoms with Crippen LogP contribution in [0.2, 0.25) is 0 Å². The summed E-state index contributed by atoms with van der Waals surface area (Å²) in [6, 6.07) is 15.6. The number of hydrogen-bond donors (Lipinski definition) is 2. The molecule has 2 atom stereocenters. The van der Waals surface area contributed by atoms with Gasteiger partial charge in [0.25, 0.3) is 0 Å². The molecule has 0 saturated heterocycles. The average Bonchev–Trinajstić information content (AvgIpc) is 2.35. The number of fused-ring (bicyclic) bond motifs is 1. The molecule has 0 bridgehead atoms. The van der Waals surface area contributed by atoms with Crippen LogP contribution in [0.5, 0.6) is 0 Å². The third-order valence-corrected chi connectivity index (χ3v) is 3.13. The van der Waals surface area contributed by atoms with Crippen molar-refractivity contribution in [3.05, 3.63) is 48.0 Å². The molecule has 2 aromatic rings. The van der Waals surface area contributed by atoms with E-state index in [0.29, 0.717) is 6.04 Å². The Bertz CT molecular complexity index is 491. The largest absolute Gasteiger partial charge is 0.328 e. The molecule has 0 aromatic heterocycles. The summed E-state index contributed by atoms with van der Waals surface area (Å²) in [5.41, 5.74) is 7.19. The third kappa shape index (κ3) is 2.84. The number of rotatable bonds is 4. The highest BCUT2D eigenvalue weighted by atomic mass is 14.9. The zero-order valence-corrected chi connectivity index (χ0v) is 10.5. The maximum absolute atomic E-state index is 5.88. The first-order valence-electron chi connectivity index (χ1n) is 6.12. The molecule has 2 heteroatoms. The summed E-state index contributed by atoms with van der Waals surface area (Å²) in [4.78, 5) is 0. The maximum Gasteiger partial charge on any atom is 0.0332 e. The van der Waals surface area contributed by atoms with E-state index in [9.17, 15) is 0 Å². The van der Waals surface area contributed by atoms with Crippen LogP contribution >= 0.6 is 0 Å². The van der Waals surface area contributed by atoms with Crippen molar-refractivity contribution in [1.82, 2.24) is 5.32 Å². The zero-order chi connectivity index (χ0) is 12.3. The second-order valence-electron chi connectivity index (χ2n) is 4.66. The first-order chi connectivity index (χ1) is 8.20. The molecule has 0 fully saturated rings. The van der Waals surface area contributed by atoms with Crippen LogP contribution in [0.25, 0.3) is 10.8 Å². The van der Waals surface area contributed by atoms with Gasteiger partial charge in [0.2, 0.25) is 0 Å². The number of nitrogens with two attached hydrogens (primary N) is 1. The minimum atomic E-state index is 0.207. The van der Waals surface area contributed by atoms with Gasteiger partial charge in [-0.05, 0) is 42.8 Å². The molecule has 2 nitrogen and oxygen atoms in total. The summed E-state index contributed by atoms with van der Waals surface area (Å²) in [5, 5.41) is 5.91. The Morgan fingerprint density at radius 2 is 1.82 bits per heavy atom. The molecule has 0 aliphatic heterocycles. The monoisotopic (exact) mass is 228 g/mol. The van der Waals surface area contributed by atoms with E-state index in [4.69, 9.17) is 5.73 Å². The molecule has 0 spiro atoms. The quantitative estimate of drug-likeness (QED) is 0.844. The fourth-order valence-corrected chi connectivity index (χ4v) is 2.22. The highest BCUT2D eigenvalue weighted by molar-refractivity contribution is 5.83. The van der Waals surface area contributed by atoms with Gasteiger partial charge in [-0.25, -0.2) is 0 Å². The third-order valence-electron chi connectivity index (χ3n) is 3.13. The van der Waals surface area contributed by atoms with Crippen LogP contribution in [0.4, 0.5) is 0 Å². The van der Waals surface area contributed by atoms with Crippen LogP contribution in [0, 0.1) is 0 Å². The van der Waals surface area contributed by atoms with Gasteiger partial charge in [-0.3, -0.25) is 0 Å². The predicted molar refractivity (Wildman–Crippen MR) is 74.0 cm³/mol. The van der Waals surface area contributed by atoms with Gasteiger partial charge >= 0.3 is 0 Å². The lowest BCUT2D eigenvalue weighted by atomic mass is 9.97. The molecule has 0 saturated carbocycles. The molecule has 0 amide bonds. The normalized spacial score (nSPS) is 14.8. The highest BCUT2D eigenvalue weighted by Crippen LogP contribution is 2.22. The molecule has 0 heterocycles. The van der Waals surface area contributed by atoms with E-state index in [1.165, 1.54) is 16.3 Å². The Hall–Kier alpha value is -1.38.